The van der Waals surface area contributed by atoms with Crippen LogP contribution in [0.4, 0.5) is 4.79 Å². The summed E-state index contributed by atoms with van der Waals surface area (Å²) in [6.45, 7) is 14.8. The van der Waals surface area contributed by atoms with Crippen molar-refractivity contribution in [3.63, 3.8) is 0 Å². The van der Waals surface area contributed by atoms with Gasteiger partial charge in [0.25, 0.3) is 0 Å². The van der Waals surface area contributed by atoms with Crippen LogP contribution >= 0.6 is 0 Å². The SMILES string of the molecule is CC(C)C(NC(=O)OC(C)(C)C)C(=O)N(C(C(=O)NC1CCCCC1)c1ccccc1)C(C)(C)C. The van der Waals surface area contributed by atoms with Crippen LogP contribution in [0.2, 0.25) is 0 Å². The zero-order valence-electron chi connectivity index (χ0n) is 22.8. The van der Waals surface area contributed by atoms with Gasteiger partial charge in [-0.1, -0.05) is 63.4 Å². The Labute approximate surface area is 211 Å². The first-order chi connectivity index (χ1) is 16.2. The molecule has 196 valence electrons. The minimum atomic E-state index is -0.849. The third-order valence-corrected chi connectivity index (χ3v) is 6.14. The zero-order chi connectivity index (χ0) is 26.4. The summed E-state index contributed by atoms with van der Waals surface area (Å²) in [5, 5.41) is 5.99. The van der Waals surface area contributed by atoms with Crippen molar-refractivity contribution in [2.75, 3.05) is 0 Å². The lowest BCUT2D eigenvalue weighted by atomic mass is 9.92. The molecule has 2 atom stereocenters. The molecule has 1 saturated carbocycles. The van der Waals surface area contributed by atoms with Gasteiger partial charge in [-0.2, -0.15) is 0 Å². The molecule has 3 amide bonds. The summed E-state index contributed by atoms with van der Waals surface area (Å²) in [5.41, 5.74) is -0.640. The Morgan fingerprint density at radius 3 is 2.00 bits per heavy atom. The van der Waals surface area contributed by atoms with Crippen molar-refractivity contribution in [1.82, 2.24) is 15.5 Å². The van der Waals surface area contributed by atoms with E-state index in [0.29, 0.717) is 0 Å². The summed E-state index contributed by atoms with van der Waals surface area (Å²) >= 11 is 0. The highest BCUT2D eigenvalue weighted by Crippen LogP contribution is 2.31. The Morgan fingerprint density at radius 1 is 0.943 bits per heavy atom. The fourth-order valence-corrected chi connectivity index (χ4v) is 4.52. The topological polar surface area (TPSA) is 87.7 Å². The second-order valence-electron chi connectivity index (χ2n) is 11.9. The second kappa shape index (κ2) is 11.9. The molecule has 2 rings (SSSR count). The summed E-state index contributed by atoms with van der Waals surface area (Å²) < 4.78 is 5.43. The number of benzene rings is 1. The van der Waals surface area contributed by atoms with Crippen LogP contribution in [0.3, 0.4) is 0 Å². The standard InChI is InChI=1S/C28H45N3O4/c1-19(2)22(30-26(34)35-28(6,7)8)25(33)31(27(3,4)5)23(20-15-11-9-12-16-20)24(32)29-21-17-13-10-14-18-21/h9,11-12,15-16,19,21-23H,10,13-14,17-18H2,1-8H3,(H,29,32)(H,30,34). The number of nitrogens with one attached hydrogen (secondary N) is 2. The number of hydrogen-bond donors (Lipinski definition) is 2. The van der Waals surface area contributed by atoms with Crippen LogP contribution in [-0.4, -0.2) is 46.0 Å². The Kier molecular flexibility index (Phi) is 9.76. The van der Waals surface area contributed by atoms with Gasteiger partial charge in [0.15, 0.2) is 0 Å². The van der Waals surface area contributed by atoms with Crippen LogP contribution in [0.1, 0.15) is 99.1 Å². The molecule has 0 aliphatic heterocycles. The molecule has 2 N–H and O–H groups in total. The molecule has 0 heterocycles. The minimum Gasteiger partial charge on any atom is -0.444 e. The number of ether oxygens (including phenoxy) is 1. The average molecular weight is 488 g/mol. The zero-order valence-corrected chi connectivity index (χ0v) is 22.8. The average Bonchev–Trinajstić information content (AvgIpc) is 2.74. The van der Waals surface area contributed by atoms with Crippen molar-refractivity contribution in [2.24, 2.45) is 5.92 Å². The number of carbonyl (C=O) groups excluding carboxylic acids is 3. The van der Waals surface area contributed by atoms with Gasteiger partial charge in [-0.3, -0.25) is 9.59 Å². The molecule has 1 fully saturated rings. The van der Waals surface area contributed by atoms with Crippen LogP contribution in [0, 0.1) is 5.92 Å². The van der Waals surface area contributed by atoms with Crippen molar-refractivity contribution in [3.8, 4) is 0 Å². The van der Waals surface area contributed by atoms with Gasteiger partial charge in [0.2, 0.25) is 11.8 Å². The van der Waals surface area contributed by atoms with Gasteiger partial charge in [0.05, 0.1) is 0 Å². The van der Waals surface area contributed by atoms with Crippen molar-refractivity contribution >= 4 is 17.9 Å². The molecule has 7 nitrogen and oxygen atoms in total. The molecule has 1 aromatic carbocycles. The lowest BCUT2D eigenvalue weighted by Crippen LogP contribution is -2.60. The third kappa shape index (κ3) is 8.55. The highest BCUT2D eigenvalue weighted by Gasteiger charge is 2.43. The maximum atomic E-state index is 14.1. The first kappa shape index (κ1) is 28.7. The molecule has 0 saturated heterocycles. The molecule has 7 heteroatoms. The van der Waals surface area contributed by atoms with Crippen molar-refractivity contribution in [1.29, 1.82) is 0 Å². The Hall–Kier alpha value is -2.57. The number of carbonyl (C=O) groups is 3. The molecule has 35 heavy (non-hydrogen) atoms. The summed E-state index contributed by atoms with van der Waals surface area (Å²) in [6, 6.07) is 7.83. The van der Waals surface area contributed by atoms with E-state index in [1.54, 1.807) is 25.7 Å². The Morgan fingerprint density at radius 2 is 1.51 bits per heavy atom. The van der Waals surface area contributed by atoms with Gasteiger partial charge < -0.3 is 20.3 Å². The van der Waals surface area contributed by atoms with Crippen molar-refractivity contribution < 1.29 is 19.1 Å². The van der Waals surface area contributed by atoms with Gasteiger partial charge in [-0.15, -0.1) is 0 Å². The van der Waals surface area contributed by atoms with Crippen LogP contribution < -0.4 is 10.6 Å². The summed E-state index contributed by atoms with van der Waals surface area (Å²) in [6.07, 6.45) is 4.63. The third-order valence-electron chi connectivity index (χ3n) is 6.14. The highest BCUT2D eigenvalue weighted by molar-refractivity contribution is 5.93. The van der Waals surface area contributed by atoms with Crippen molar-refractivity contribution in [2.45, 2.75) is 117 Å². The molecule has 0 radical (unpaired) electrons. The number of nitrogens with zero attached hydrogens (tertiary/aromatic N) is 1. The molecule has 1 aromatic rings. The molecule has 0 spiro atoms. The predicted octanol–water partition coefficient (Wildman–Crippen LogP) is 5.35. The number of alkyl carbamates (subject to hydrolysis) is 1. The number of rotatable bonds is 7. The summed E-state index contributed by atoms with van der Waals surface area (Å²) in [4.78, 5) is 42.1. The second-order valence-corrected chi connectivity index (χ2v) is 11.9. The van der Waals surface area contributed by atoms with E-state index < -0.39 is 29.3 Å². The molecule has 2 unspecified atom stereocenters. The first-order valence-corrected chi connectivity index (χ1v) is 12.9. The van der Waals surface area contributed by atoms with Gasteiger partial charge in [0, 0.05) is 11.6 Å². The molecule has 1 aliphatic rings. The highest BCUT2D eigenvalue weighted by atomic mass is 16.6. The van der Waals surface area contributed by atoms with E-state index in [-0.39, 0.29) is 23.8 Å². The van der Waals surface area contributed by atoms with Gasteiger partial charge in [-0.25, -0.2) is 4.79 Å². The van der Waals surface area contributed by atoms with Crippen LogP contribution in [-0.2, 0) is 14.3 Å². The number of hydrogen-bond acceptors (Lipinski definition) is 4. The van der Waals surface area contributed by atoms with E-state index in [9.17, 15) is 14.4 Å². The first-order valence-electron chi connectivity index (χ1n) is 12.9. The normalized spacial score (nSPS) is 16.8. The largest absolute Gasteiger partial charge is 0.444 e. The molecule has 1 aliphatic carbocycles. The monoisotopic (exact) mass is 487 g/mol. The van der Waals surface area contributed by atoms with Gasteiger partial charge in [0.1, 0.15) is 17.7 Å². The van der Waals surface area contributed by atoms with E-state index >= 15 is 0 Å². The maximum Gasteiger partial charge on any atom is 0.408 e. The van der Waals surface area contributed by atoms with Gasteiger partial charge >= 0.3 is 6.09 Å². The molecular weight excluding hydrogens is 442 g/mol. The summed E-state index contributed by atoms with van der Waals surface area (Å²) in [5.74, 6) is -0.713. The van der Waals surface area contributed by atoms with Crippen molar-refractivity contribution in [3.05, 3.63) is 35.9 Å². The van der Waals surface area contributed by atoms with Crippen LogP contribution in [0.5, 0.6) is 0 Å². The lowest BCUT2D eigenvalue weighted by Gasteiger charge is -2.44. The van der Waals surface area contributed by atoms with Crippen LogP contribution in [0.15, 0.2) is 30.3 Å². The smallest absolute Gasteiger partial charge is 0.408 e. The fraction of sp³-hybridized carbons (Fsp3) is 0.679. The fourth-order valence-electron chi connectivity index (χ4n) is 4.52. The molecule has 0 aromatic heterocycles. The Balaban J connectivity index is 2.45. The van der Waals surface area contributed by atoms with E-state index in [0.717, 1.165) is 31.2 Å². The maximum absolute atomic E-state index is 14.1. The van der Waals surface area contributed by atoms with E-state index in [1.807, 2.05) is 65.0 Å². The quantitative estimate of drug-likeness (QED) is 0.542. The molecular formula is C28H45N3O4. The number of amides is 3. The van der Waals surface area contributed by atoms with Gasteiger partial charge in [-0.05, 0) is 65.9 Å². The van der Waals surface area contributed by atoms with E-state index in [2.05, 4.69) is 10.6 Å². The lowest BCUT2D eigenvalue weighted by molar-refractivity contribution is -0.149. The Bertz CT molecular complexity index is 849. The minimum absolute atomic E-state index is 0.111. The predicted molar refractivity (Wildman–Crippen MR) is 139 cm³/mol. The van der Waals surface area contributed by atoms with E-state index in [1.165, 1.54) is 6.42 Å². The van der Waals surface area contributed by atoms with E-state index in [4.69, 9.17) is 4.74 Å². The summed E-state index contributed by atoms with van der Waals surface area (Å²) in [7, 11) is 0. The van der Waals surface area contributed by atoms with Crippen LogP contribution in [0.25, 0.3) is 0 Å². The molecule has 0 bridgehead atoms.